The summed E-state index contributed by atoms with van der Waals surface area (Å²) in [5.41, 5.74) is 2.05. The fourth-order valence-electron chi connectivity index (χ4n) is 2.70. The molecule has 0 radical (unpaired) electrons. The Kier molecular flexibility index (Phi) is 5.36. The predicted molar refractivity (Wildman–Crippen MR) is 95.0 cm³/mol. The summed E-state index contributed by atoms with van der Waals surface area (Å²) in [7, 11) is 2.18. The molecule has 3 nitrogen and oxygen atoms in total. The highest BCUT2D eigenvalue weighted by Crippen LogP contribution is 2.22. The minimum atomic E-state index is 0.166. The van der Waals surface area contributed by atoms with Gasteiger partial charge in [0, 0.05) is 16.2 Å². The van der Waals surface area contributed by atoms with Crippen LogP contribution in [0.3, 0.4) is 0 Å². The van der Waals surface area contributed by atoms with Crippen LogP contribution in [0.5, 0.6) is 0 Å². The number of nitrogens with one attached hydrogen (secondary N) is 1. The summed E-state index contributed by atoms with van der Waals surface area (Å²) in [6, 6.07) is 18.5. The molecule has 1 aliphatic heterocycles. The molecule has 0 aromatic heterocycles. The Morgan fingerprint density at radius 2 is 1.70 bits per heavy atom. The highest BCUT2D eigenvalue weighted by atomic mass is 32.2. The van der Waals surface area contributed by atoms with Crippen molar-refractivity contribution in [3.05, 3.63) is 65.7 Å². The first-order chi connectivity index (χ1) is 11.2. The molecule has 3 rings (SSSR count). The SMILES string of the molecule is C[NH+]1CCN(C(=O)c2ccc(CSc3ccccc3)cc2)CC1. The molecule has 1 N–H and O–H groups in total. The number of carbonyl (C=O) groups excluding carboxylic acids is 1. The normalized spacial score (nSPS) is 15.6. The summed E-state index contributed by atoms with van der Waals surface area (Å²) in [6.45, 7) is 3.79. The van der Waals surface area contributed by atoms with E-state index in [4.69, 9.17) is 0 Å². The third-order valence-corrected chi connectivity index (χ3v) is 5.34. The van der Waals surface area contributed by atoms with Gasteiger partial charge in [0.15, 0.2) is 0 Å². The molecular formula is C19H23N2OS+. The Balaban J connectivity index is 1.57. The zero-order valence-corrected chi connectivity index (χ0v) is 14.3. The number of benzene rings is 2. The Bertz CT molecular complexity index is 634. The highest BCUT2D eigenvalue weighted by Gasteiger charge is 2.22. The van der Waals surface area contributed by atoms with Gasteiger partial charge in [-0.1, -0.05) is 30.3 Å². The Morgan fingerprint density at radius 1 is 1.04 bits per heavy atom. The molecule has 1 aliphatic rings. The zero-order chi connectivity index (χ0) is 16.1. The molecule has 2 aromatic rings. The molecule has 0 spiro atoms. The van der Waals surface area contributed by atoms with E-state index in [1.165, 1.54) is 15.4 Å². The topological polar surface area (TPSA) is 24.8 Å². The maximum absolute atomic E-state index is 12.5. The second-order valence-electron chi connectivity index (χ2n) is 6.05. The van der Waals surface area contributed by atoms with Crippen molar-refractivity contribution in [1.82, 2.24) is 4.90 Å². The molecule has 2 aromatic carbocycles. The average molecular weight is 327 g/mol. The molecular weight excluding hydrogens is 304 g/mol. The Labute approximate surface area is 142 Å². The molecule has 0 aliphatic carbocycles. The van der Waals surface area contributed by atoms with E-state index in [0.29, 0.717) is 0 Å². The van der Waals surface area contributed by atoms with E-state index in [1.54, 1.807) is 0 Å². The monoisotopic (exact) mass is 327 g/mol. The molecule has 0 bridgehead atoms. The number of piperazine rings is 1. The first-order valence-electron chi connectivity index (χ1n) is 8.10. The number of nitrogens with zero attached hydrogens (tertiary/aromatic N) is 1. The highest BCUT2D eigenvalue weighted by molar-refractivity contribution is 7.98. The van der Waals surface area contributed by atoms with Gasteiger partial charge in [0.05, 0.1) is 33.2 Å². The van der Waals surface area contributed by atoms with E-state index in [9.17, 15) is 4.79 Å². The van der Waals surface area contributed by atoms with E-state index in [-0.39, 0.29) is 5.91 Å². The van der Waals surface area contributed by atoms with Gasteiger partial charge in [0.25, 0.3) is 5.91 Å². The van der Waals surface area contributed by atoms with E-state index in [2.05, 4.69) is 43.4 Å². The lowest BCUT2D eigenvalue weighted by molar-refractivity contribution is -0.883. The van der Waals surface area contributed by atoms with Gasteiger partial charge in [-0.25, -0.2) is 0 Å². The number of hydrogen-bond acceptors (Lipinski definition) is 2. The van der Waals surface area contributed by atoms with Crippen molar-refractivity contribution in [3.8, 4) is 0 Å². The lowest BCUT2D eigenvalue weighted by Crippen LogP contribution is -3.12. The molecule has 1 amide bonds. The van der Waals surface area contributed by atoms with Crippen LogP contribution < -0.4 is 4.90 Å². The molecule has 1 saturated heterocycles. The summed E-state index contributed by atoms with van der Waals surface area (Å²) in [5.74, 6) is 1.09. The van der Waals surface area contributed by atoms with Crippen LogP contribution >= 0.6 is 11.8 Å². The van der Waals surface area contributed by atoms with Gasteiger partial charge in [-0.05, 0) is 29.8 Å². The van der Waals surface area contributed by atoms with Gasteiger partial charge < -0.3 is 9.80 Å². The molecule has 0 atom stereocenters. The van der Waals surface area contributed by atoms with Crippen LogP contribution in [0.25, 0.3) is 0 Å². The smallest absolute Gasteiger partial charge is 0.254 e. The maximum atomic E-state index is 12.5. The molecule has 120 valence electrons. The van der Waals surface area contributed by atoms with Gasteiger partial charge in [0.1, 0.15) is 0 Å². The van der Waals surface area contributed by atoms with E-state index < -0.39 is 0 Å². The molecule has 0 saturated carbocycles. The number of hydrogen-bond donors (Lipinski definition) is 1. The zero-order valence-electron chi connectivity index (χ0n) is 13.5. The quantitative estimate of drug-likeness (QED) is 0.868. The number of amides is 1. The summed E-state index contributed by atoms with van der Waals surface area (Å²) in [5, 5.41) is 0. The first-order valence-corrected chi connectivity index (χ1v) is 9.08. The van der Waals surface area contributed by atoms with Crippen molar-refractivity contribution in [2.45, 2.75) is 10.6 Å². The average Bonchev–Trinajstić information content (AvgIpc) is 2.61. The largest absolute Gasteiger partial charge is 0.334 e. The fourth-order valence-corrected chi connectivity index (χ4v) is 3.58. The van der Waals surface area contributed by atoms with Crippen molar-refractivity contribution in [2.75, 3.05) is 33.2 Å². The Morgan fingerprint density at radius 3 is 2.35 bits per heavy atom. The van der Waals surface area contributed by atoms with E-state index in [1.807, 2.05) is 34.9 Å². The van der Waals surface area contributed by atoms with Crippen molar-refractivity contribution in [2.24, 2.45) is 0 Å². The first kappa shape index (κ1) is 16.1. The summed E-state index contributed by atoms with van der Waals surface area (Å²) in [4.78, 5) is 17.3. The second kappa shape index (κ2) is 7.66. The van der Waals surface area contributed by atoms with Crippen LogP contribution in [0.15, 0.2) is 59.5 Å². The minimum absolute atomic E-state index is 0.166. The fraction of sp³-hybridized carbons (Fsp3) is 0.316. The van der Waals surface area contributed by atoms with Crippen molar-refractivity contribution in [1.29, 1.82) is 0 Å². The van der Waals surface area contributed by atoms with Gasteiger partial charge >= 0.3 is 0 Å². The lowest BCUT2D eigenvalue weighted by Gasteiger charge is -2.30. The molecule has 1 fully saturated rings. The molecule has 23 heavy (non-hydrogen) atoms. The van der Waals surface area contributed by atoms with Crippen LogP contribution in [0.2, 0.25) is 0 Å². The van der Waals surface area contributed by atoms with Crippen LogP contribution in [0.4, 0.5) is 0 Å². The standard InChI is InChI=1S/C19H22N2OS/c1-20-11-13-21(14-12-20)19(22)17-9-7-16(8-10-17)15-23-18-5-3-2-4-6-18/h2-10H,11-15H2,1H3/p+1. The van der Waals surface area contributed by atoms with Gasteiger partial charge in [-0.2, -0.15) is 0 Å². The lowest BCUT2D eigenvalue weighted by atomic mass is 10.1. The number of quaternary nitrogens is 1. The second-order valence-corrected chi connectivity index (χ2v) is 7.10. The van der Waals surface area contributed by atoms with Crippen LogP contribution in [-0.4, -0.2) is 44.0 Å². The van der Waals surface area contributed by atoms with Crippen molar-refractivity contribution in [3.63, 3.8) is 0 Å². The molecule has 1 heterocycles. The van der Waals surface area contributed by atoms with Crippen molar-refractivity contribution < 1.29 is 9.69 Å². The number of likely N-dealkylation sites (N-methyl/N-ethyl adjacent to an activating group) is 1. The minimum Gasteiger partial charge on any atom is -0.334 e. The predicted octanol–water partition coefficient (Wildman–Crippen LogP) is 1.95. The molecule has 0 unspecified atom stereocenters. The third kappa shape index (κ3) is 4.36. The van der Waals surface area contributed by atoms with Gasteiger partial charge in [-0.3, -0.25) is 4.79 Å². The Hall–Kier alpha value is -1.78. The third-order valence-electron chi connectivity index (χ3n) is 4.25. The number of thioether (sulfide) groups is 1. The van der Waals surface area contributed by atoms with Crippen LogP contribution in [-0.2, 0) is 5.75 Å². The number of carbonyl (C=O) groups is 1. The maximum Gasteiger partial charge on any atom is 0.254 e. The van der Waals surface area contributed by atoms with E-state index >= 15 is 0 Å². The summed E-state index contributed by atoms with van der Waals surface area (Å²) >= 11 is 1.82. The van der Waals surface area contributed by atoms with Gasteiger partial charge in [0.2, 0.25) is 0 Å². The molecule has 4 heteroatoms. The summed E-state index contributed by atoms with van der Waals surface area (Å²) in [6.07, 6.45) is 0. The van der Waals surface area contributed by atoms with Crippen molar-refractivity contribution >= 4 is 17.7 Å². The van der Waals surface area contributed by atoms with Crippen LogP contribution in [0, 0.1) is 0 Å². The van der Waals surface area contributed by atoms with E-state index in [0.717, 1.165) is 37.5 Å². The summed E-state index contributed by atoms with van der Waals surface area (Å²) < 4.78 is 0. The van der Waals surface area contributed by atoms with Gasteiger partial charge in [-0.15, -0.1) is 11.8 Å². The van der Waals surface area contributed by atoms with Crippen LogP contribution in [0.1, 0.15) is 15.9 Å². The number of rotatable bonds is 4.